The van der Waals surface area contributed by atoms with E-state index < -0.39 is 9.84 Å². The highest BCUT2D eigenvalue weighted by Crippen LogP contribution is 2.21. The average molecular weight is 368 g/mol. The molecule has 0 bridgehead atoms. The average Bonchev–Trinajstić information content (AvgIpc) is 2.55. The maximum absolute atomic E-state index is 12.3. The standard InChI is InChI=1S/C19H28O5S/c1-15(2)19(21)24-12-8-6-4-5-7-9-13-25(22,23)17-10-11-18(20)16(3)14-17/h10-11,14,20H,1,4-9,12-13H2,2-3H3. The van der Waals surface area contributed by atoms with E-state index in [2.05, 4.69) is 6.58 Å². The molecule has 0 aliphatic carbocycles. The topological polar surface area (TPSA) is 80.7 Å². The van der Waals surface area contributed by atoms with Crippen molar-refractivity contribution >= 4 is 15.8 Å². The highest BCUT2D eigenvalue weighted by molar-refractivity contribution is 7.91. The molecule has 1 rings (SSSR count). The minimum atomic E-state index is -3.30. The molecule has 1 N–H and O–H groups in total. The molecule has 0 fully saturated rings. The zero-order valence-electron chi connectivity index (χ0n) is 15.1. The van der Waals surface area contributed by atoms with Gasteiger partial charge in [0, 0.05) is 5.57 Å². The minimum absolute atomic E-state index is 0.105. The van der Waals surface area contributed by atoms with Crippen molar-refractivity contribution in [3.63, 3.8) is 0 Å². The van der Waals surface area contributed by atoms with E-state index in [1.807, 2.05) is 0 Å². The maximum atomic E-state index is 12.3. The number of phenolic OH excluding ortho intramolecular Hbond substituents is 1. The third-order valence-corrected chi connectivity index (χ3v) is 5.71. The van der Waals surface area contributed by atoms with Crippen LogP contribution in [-0.2, 0) is 19.4 Å². The largest absolute Gasteiger partial charge is 0.508 e. The zero-order valence-corrected chi connectivity index (χ0v) is 15.9. The molecule has 0 aliphatic rings. The van der Waals surface area contributed by atoms with Crippen molar-refractivity contribution in [2.45, 2.75) is 57.3 Å². The van der Waals surface area contributed by atoms with Gasteiger partial charge in [0.15, 0.2) is 9.84 Å². The van der Waals surface area contributed by atoms with Gasteiger partial charge in [0.1, 0.15) is 5.75 Å². The van der Waals surface area contributed by atoms with Gasteiger partial charge in [-0.1, -0.05) is 32.3 Å². The second-order valence-corrected chi connectivity index (χ2v) is 8.41. The lowest BCUT2D eigenvalue weighted by atomic mass is 10.1. The molecule has 0 heterocycles. The lowest BCUT2D eigenvalue weighted by Crippen LogP contribution is -2.07. The smallest absolute Gasteiger partial charge is 0.333 e. The second kappa shape index (κ2) is 10.2. The number of unbranched alkanes of at least 4 members (excludes halogenated alkanes) is 5. The van der Waals surface area contributed by atoms with E-state index in [9.17, 15) is 18.3 Å². The Morgan fingerprint density at radius 2 is 1.72 bits per heavy atom. The summed E-state index contributed by atoms with van der Waals surface area (Å²) in [6, 6.07) is 4.38. The summed E-state index contributed by atoms with van der Waals surface area (Å²) in [6.45, 7) is 7.23. The summed E-state index contributed by atoms with van der Waals surface area (Å²) >= 11 is 0. The Morgan fingerprint density at radius 1 is 1.12 bits per heavy atom. The molecule has 5 nitrogen and oxygen atoms in total. The van der Waals surface area contributed by atoms with Crippen LogP contribution in [0.3, 0.4) is 0 Å². The molecule has 0 saturated carbocycles. The summed E-state index contributed by atoms with van der Waals surface area (Å²) in [7, 11) is -3.30. The van der Waals surface area contributed by atoms with Gasteiger partial charge >= 0.3 is 5.97 Å². The molecule has 140 valence electrons. The fourth-order valence-electron chi connectivity index (χ4n) is 2.33. The predicted molar refractivity (Wildman–Crippen MR) is 98.4 cm³/mol. The Bertz CT molecular complexity index is 692. The first-order valence-corrected chi connectivity index (χ1v) is 10.2. The number of benzene rings is 1. The monoisotopic (exact) mass is 368 g/mol. The quantitative estimate of drug-likeness (QED) is 0.363. The second-order valence-electron chi connectivity index (χ2n) is 6.30. The Balaban J connectivity index is 2.17. The van der Waals surface area contributed by atoms with Crippen LogP contribution in [0.15, 0.2) is 35.2 Å². The predicted octanol–water partition coefficient (Wildman–Crippen LogP) is 3.93. The van der Waals surface area contributed by atoms with Crippen LogP contribution in [0.4, 0.5) is 0 Å². The Morgan fingerprint density at radius 3 is 2.32 bits per heavy atom. The number of ether oxygens (including phenoxy) is 1. The summed E-state index contributed by atoms with van der Waals surface area (Å²) < 4.78 is 29.5. The van der Waals surface area contributed by atoms with E-state index >= 15 is 0 Å². The Hall–Kier alpha value is -1.82. The van der Waals surface area contributed by atoms with Gasteiger partial charge in [0.2, 0.25) is 0 Å². The van der Waals surface area contributed by atoms with Crippen molar-refractivity contribution in [3.05, 3.63) is 35.9 Å². The number of carbonyl (C=O) groups excluding carboxylic acids is 1. The molecular weight excluding hydrogens is 340 g/mol. The van der Waals surface area contributed by atoms with Gasteiger partial charge in [-0.15, -0.1) is 0 Å². The minimum Gasteiger partial charge on any atom is -0.508 e. The fraction of sp³-hybridized carbons (Fsp3) is 0.526. The third-order valence-electron chi connectivity index (χ3n) is 3.92. The number of rotatable bonds is 11. The van der Waals surface area contributed by atoms with Crippen LogP contribution < -0.4 is 0 Å². The van der Waals surface area contributed by atoms with Gasteiger partial charge < -0.3 is 9.84 Å². The molecular formula is C19H28O5S. The summed E-state index contributed by atoms with van der Waals surface area (Å²) in [6.07, 6.45) is 5.17. The van der Waals surface area contributed by atoms with Gasteiger partial charge in [-0.2, -0.15) is 0 Å². The lowest BCUT2D eigenvalue weighted by molar-refractivity contribution is -0.139. The van der Waals surface area contributed by atoms with Crippen LogP contribution in [0.5, 0.6) is 5.75 Å². The van der Waals surface area contributed by atoms with E-state index in [-0.39, 0.29) is 22.4 Å². The van der Waals surface area contributed by atoms with Crippen LogP contribution in [0, 0.1) is 6.92 Å². The van der Waals surface area contributed by atoms with Crippen molar-refractivity contribution < 1.29 is 23.1 Å². The van der Waals surface area contributed by atoms with Crippen LogP contribution in [0.1, 0.15) is 51.0 Å². The highest BCUT2D eigenvalue weighted by atomic mass is 32.2. The first kappa shape index (κ1) is 21.2. The first-order valence-electron chi connectivity index (χ1n) is 8.59. The summed E-state index contributed by atoms with van der Waals surface area (Å²) in [5.41, 5.74) is 0.971. The molecule has 0 aromatic heterocycles. The van der Waals surface area contributed by atoms with E-state index in [4.69, 9.17) is 4.74 Å². The highest BCUT2D eigenvalue weighted by Gasteiger charge is 2.14. The molecule has 0 spiro atoms. The number of aryl methyl sites for hydroxylation is 1. The van der Waals surface area contributed by atoms with Crippen molar-refractivity contribution in [3.8, 4) is 5.75 Å². The van der Waals surface area contributed by atoms with Gasteiger partial charge in [-0.25, -0.2) is 13.2 Å². The molecule has 0 atom stereocenters. The number of hydrogen-bond acceptors (Lipinski definition) is 5. The summed E-state index contributed by atoms with van der Waals surface area (Å²) in [5, 5.41) is 9.47. The number of esters is 1. The molecule has 0 unspecified atom stereocenters. The number of carbonyl (C=O) groups is 1. The molecule has 1 aromatic carbocycles. The normalized spacial score (nSPS) is 11.3. The number of hydrogen-bond donors (Lipinski definition) is 1. The third kappa shape index (κ3) is 7.73. The Labute approximate surface area is 150 Å². The number of sulfone groups is 1. The van der Waals surface area contributed by atoms with Gasteiger partial charge in [-0.3, -0.25) is 0 Å². The molecule has 1 aromatic rings. The first-order chi connectivity index (χ1) is 11.7. The summed E-state index contributed by atoms with van der Waals surface area (Å²) in [5.74, 6) is -0.129. The van der Waals surface area contributed by atoms with Crippen molar-refractivity contribution in [2.24, 2.45) is 0 Å². The van der Waals surface area contributed by atoms with Gasteiger partial charge in [-0.05, 0) is 50.5 Å². The molecule has 0 amide bonds. The molecule has 0 saturated heterocycles. The van der Waals surface area contributed by atoms with Crippen LogP contribution in [0.25, 0.3) is 0 Å². The van der Waals surface area contributed by atoms with Gasteiger partial charge in [0.05, 0.1) is 17.3 Å². The number of aromatic hydroxyl groups is 1. The van der Waals surface area contributed by atoms with Crippen LogP contribution in [-0.4, -0.2) is 31.9 Å². The van der Waals surface area contributed by atoms with E-state index in [1.165, 1.54) is 18.2 Å². The van der Waals surface area contributed by atoms with E-state index in [1.54, 1.807) is 13.8 Å². The maximum Gasteiger partial charge on any atom is 0.333 e. The van der Waals surface area contributed by atoms with Crippen molar-refractivity contribution in [1.82, 2.24) is 0 Å². The van der Waals surface area contributed by atoms with Crippen LogP contribution >= 0.6 is 0 Å². The van der Waals surface area contributed by atoms with Crippen molar-refractivity contribution in [2.75, 3.05) is 12.4 Å². The lowest BCUT2D eigenvalue weighted by Gasteiger charge is -2.07. The summed E-state index contributed by atoms with van der Waals surface area (Å²) in [4.78, 5) is 11.4. The van der Waals surface area contributed by atoms with Crippen LogP contribution in [0.2, 0.25) is 0 Å². The molecule has 0 radical (unpaired) electrons. The number of phenols is 1. The molecule has 25 heavy (non-hydrogen) atoms. The zero-order chi connectivity index (χ0) is 18.9. The SMILES string of the molecule is C=C(C)C(=O)OCCCCCCCCS(=O)(=O)c1ccc(O)c(C)c1. The fourth-order valence-corrected chi connectivity index (χ4v) is 3.78. The Kier molecular flexibility index (Phi) is 8.69. The van der Waals surface area contributed by atoms with E-state index in [0.29, 0.717) is 24.2 Å². The molecule has 0 aliphatic heterocycles. The van der Waals surface area contributed by atoms with E-state index in [0.717, 1.165) is 32.1 Å². The van der Waals surface area contributed by atoms with Crippen molar-refractivity contribution in [1.29, 1.82) is 0 Å². The van der Waals surface area contributed by atoms with Gasteiger partial charge in [0.25, 0.3) is 0 Å². The molecule has 6 heteroatoms.